The average molecular weight is 352 g/mol. The Morgan fingerprint density at radius 2 is 2.04 bits per heavy atom. The molecular weight excluding hydrogens is 328 g/mol. The third-order valence-electron chi connectivity index (χ3n) is 4.53. The number of carbonyl (C=O) groups excluding carboxylic acids is 2. The van der Waals surface area contributed by atoms with Gasteiger partial charge in [0.25, 0.3) is 5.91 Å². The monoisotopic (exact) mass is 352 g/mol. The minimum absolute atomic E-state index is 0.0136. The fourth-order valence-electron chi connectivity index (χ4n) is 2.97. The number of rotatable bonds is 6. The number of hydrogen-bond acceptors (Lipinski definition) is 3. The van der Waals surface area contributed by atoms with Gasteiger partial charge in [-0.2, -0.15) is 0 Å². The van der Waals surface area contributed by atoms with Crippen LogP contribution in [0.1, 0.15) is 37.3 Å². The molecule has 0 bridgehead atoms. The van der Waals surface area contributed by atoms with Gasteiger partial charge in [0.1, 0.15) is 5.75 Å². The van der Waals surface area contributed by atoms with E-state index in [0.717, 1.165) is 24.0 Å². The highest BCUT2D eigenvalue weighted by Crippen LogP contribution is 2.35. The summed E-state index contributed by atoms with van der Waals surface area (Å²) in [6, 6.07) is 13.4. The van der Waals surface area contributed by atoms with Gasteiger partial charge in [0.15, 0.2) is 6.61 Å². The number of amides is 2. The molecule has 0 saturated heterocycles. The maximum atomic E-state index is 12.5. The molecule has 136 valence electrons. The van der Waals surface area contributed by atoms with Gasteiger partial charge in [0.2, 0.25) is 5.91 Å². The van der Waals surface area contributed by atoms with E-state index in [1.165, 1.54) is 0 Å². The van der Waals surface area contributed by atoms with Crippen molar-refractivity contribution in [1.29, 1.82) is 0 Å². The van der Waals surface area contributed by atoms with Crippen molar-refractivity contribution in [1.82, 2.24) is 0 Å². The molecule has 0 unspecified atom stereocenters. The molecule has 0 radical (unpaired) electrons. The number of fused-ring (bicyclic) bond motifs is 1. The summed E-state index contributed by atoms with van der Waals surface area (Å²) in [6.45, 7) is 4.60. The number of ether oxygens (including phenoxy) is 1. The molecule has 2 aromatic rings. The van der Waals surface area contributed by atoms with Crippen LogP contribution in [-0.2, 0) is 16.1 Å². The summed E-state index contributed by atoms with van der Waals surface area (Å²) in [6.07, 6.45) is 2.33. The van der Waals surface area contributed by atoms with Crippen LogP contribution >= 0.6 is 0 Å². The second-order valence-electron chi connectivity index (χ2n) is 6.53. The number of nitrogens with one attached hydrogen (secondary N) is 1. The van der Waals surface area contributed by atoms with Crippen LogP contribution < -0.4 is 15.0 Å². The van der Waals surface area contributed by atoms with Crippen LogP contribution in [0.2, 0.25) is 0 Å². The van der Waals surface area contributed by atoms with E-state index in [-0.39, 0.29) is 18.4 Å². The van der Waals surface area contributed by atoms with Crippen molar-refractivity contribution in [3.8, 4) is 5.75 Å². The molecule has 1 aliphatic heterocycles. The predicted molar refractivity (Wildman–Crippen MR) is 102 cm³/mol. The van der Waals surface area contributed by atoms with Gasteiger partial charge in [0.05, 0.1) is 12.2 Å². The first-order valence-corrected chi connectivity index (χ1v) is 9.00. The third kappa shape index (κ3) is 4.04. The summed E-state index contributed by atoms with van der Waals surface area (Å²) in [7, 11) is 0. The Morgan fingerprint density at radius 1 is 1.23 bits per heavy atom. The zero-order valence-corrected chi connectivity index (χ0v) is 15.2. The van der Waals surface area contributed by atoms with Gasteiger partial charge in [-0.05, 0) is 42.7 Å². The lowest BCUT2D eigenvalue weighted by molar-refractivity contribution is -0.121. The fraction of sp³-hybridized carbons (Fsp3) is 0.333. The van der Waals surface area contributed by atoms with Crippen molar-refractivity contribution < 1.29 is 14.3 Å². The van der Waals surface area contributed by atoms with Gasteiger partial charge in [-0.1, -0.05) is 37.6 Å². The van der Waals surface area contributed by atoms with Crippen molar-refractivity contribution in [2.45, 2.75) is 39.7 Å². The molecule has 0 aliphatic carbocycles. The molecule has 1 N–H and O–H groups in total. The smallest absolute Gasteiger partial charge is 0.265 e. The molecular formula is C21H24N2O3. The van der Waals surface area contributed by atoms with Crippen LogP contribution in [0.3, 0.4) is 0 Å². The Bertz CT molecular complexity index is 817. The molecule has 0 spiro atoms. The van der Waals surface area contributed by atoms with E-state index < -0.39 is 0 Å². The molecule has 5 nitrogen and oxygen atoms in total. The van der Waals surface area contributed by atoms with Crippen LogP contribution in [0.25, 0.3) is 0 Å². The molecule has 0 aromatic heterocycles. The molecule has 1 heterocycles. The molecule has 0 saturated carbocycles. The molecule has 0 fully saturated rings. The molecule has 26 heavy (non-hydrogen) atoms. The Hall–Kier alpha value is -2.82. The maximum Gasteiger partial charge on any atom is 0.265 e. The van der Waals surface area contributed by atoms with Gasteiger partial charge in [-0.3, -0.25) is 9.59 Å². The molecule has 5 heteroatoms. The minimum Gasteiger partial charge on any atom is -0.482 e. The van der Waals surface area contributed by atoms with Crippen molar-refractivity contribution in [2.75, 3.05) is 16.8 Å². The van der Waals surface area contributed by atoms with Crippen LogP contribution in [0, 0.1) is 6.92 Å². The topological polar surface area (TPSA) is 58.6 Å². The van der Waals surface area contributed by atoms with E-state index in [1.807, 2.05) is 49.4 Å². The SMILES string of the molecule is CCCCC(=O)Nc1ccc2c(c1)N(Cc1ccccc1C)C(=O)CO2. The van der Waals surface area contributed by atoms with Gasteiger partial charge in [-0.15, -0.1) is 0 Å². The summed E-state index contributed by atoms with van der Waals surface area (Å²) < 4.78 is 5.55. The Morgan fingerprint density at radius 3 is 2.81 bits per heavy atom. The summed E-state index contributed by atoms with van der Waals surface area (Å²) in [5.41, 5.74) is 3.60. The van der Waals surface area contributed by atoms with Crippen molar-refractivity contribution in [3.63, 3.8) is 0 Å². The Labute approximate surface area is 154 Å². The number of unbranched alkanes of at least 4 members (excludes halogenated alkanes) is 1. The highest BCUT2D eigenvalue weighted by molar-refractivity contribution is 5.99. The summed E-state index contributed by atoms with van der Waals surface area (Å²) in [5.74, 6) is 0.556. The first kappa shape index (κ1) is 18.0. The zero-order valence-electron chi connectivity index (χ0n) is 15.2. The van der Waals surface area contributed by atoms with Crippen molar-refractivity contribution in [3.05, 3.63) is 53.6 Å². The normalized spacial score (nSPS) is 13.2. The summed E-state index contributed by atoms with van der Waals surface area (Å²) in [4.78, 5) is 26.2. The van der Waals surface area contributed by atoms with Crippen LogP contribution in [0.4, 0.5) is 11.4 Å². The van der Waals surface area contributed by atoms with Gasteiger partial charge in [0, 0.05) is 12.1 Å². The van der Waals surface area contributed by atoms with E-state index in [1.54, 1.807) is 4.90 Å². The fourth-order valence-corrected chi connectivity index (χ4v) is 2.97. The van der Waals surface area contributed by atoms with Gasteiger partial charge < -0.3 is 15.0 Å². The second-order valence-corrected chi connectivity index (χ2v) is 6.53. The van der Waals surface area contributed by atoms with E-state index in [9.17, 15) is 9.59 Å². The third-order valence-corrected chi connectivity index (χ3v) is 4.53. The highest BCUT2D eigenvalue weighted by Gasteiger charge is 2.26. The maximum absolute atomic E-state index is 12.5. The van der Waals surface area contributed by atoms with Crippen LogP contribution in [0.5, 0.6) is 5.75 Å². The molecule has 2 amide bonds. The standard InChI is InChI=1S/C21H24N2O3/c1-3-4-9-20(24)22-17-10-11-19-18(12-17)23(21(25)14-26-19)13-16-8-6-5-7-15(16)2/h5-8,10-12H,3-4,9,13-14H2,1-2H3,(H,22,24). The molecule has 1 aliphatic rings. The predicted octanol–water partition coefficient (Wildman–Crippen LogP) is 4.05. The zero-order chi connectivity index (χ0) is 18.5. The lowest BCUT2D eigenvalue weighted by Gasteiger charge is -2.30. The van der Waals surface area contributed by atoms with Gasteiger partial charge >= 0.3 is 0 Å². The Balaban J connectivity index is 1.85. The van der Waals surface area contributed by atoms with E-state index >= 15 is 0 Å². The molecule has 3 rings (SSSR count). The Kier molecular flexibility index (Phi) is 5.56. The van der Waals surface area contributed by atoms with Crippen LogP contribution in [0.15, 0.2) is 42.5 Å². The number of nitrogens with zero attached hydrogens (tertiary/aromatic N) is 1. The number of hydrogen-bond donors (Lipinski definition) is 1. The lowest BCUT2D eigenvalue weighted by Crippen LogP contribution is -2.38. The quantitative estimate of drug-likeness (QED) is 0.853. The largest absolute Gasteiger partial charge is 0.482 e. The van der Waals surface area contributed by atoms with E-state index in [4.69, 9.17) is 4.74 Å². The lowest BCUT2D eigenvalue weighted by atomic mass is 10.1. The van der Waals surface area contributed by atoms with Crippen molar-refractivity contribution in [2.24, 2.45) is 0 Å². The molecule has 0 atom stereocenters. The summed E-state index contributed by atoms with van der Waals surface area (Å²) >= 11 is 0. The molecule has 2 aromatic carbocycles. The highest BCUT2D eigenvalue weighted by atomic mass is 16.5. The van der Waals surface area contributed by atoms with Crippen LogP contribution in [-0.4, -0.2) is 18.4 Å². The number of anilines is 2. The van der Waals surface area contributed by atoms with E-state index in [2.05, 4.69) is 12.2 Å². The van der Waals surface area contributed by atoms with E-state index in [0.29, 0.717) is 30.1 Å². The average Bonchev–Trinajstić information content (AvgIpc) is 2.64. The number of carbonyl (C=O) groups is 2. The van der Waals surface area contributed by atoms with Crippen molar-refractivity contribution >= 4 is 23.2 Å². The number of benzene rings is 2. The first-order chi connectivity index (χ1) is 12.6. The number of aryl methyl sites for hydroxylation is 1. The first-order valence-electron chi connectivity index (χ1n) is 9.00. The van der Waals surface area contributed by atoms with Gasteiger partial charge in [-0.25, -0.2) is 0 Å². The second kappa shape index (κ2) is 8.04. The minimum atomic E-state index is -0.0878. The summed E-state index contributed by atoms with van der Waals surface area (Å²) in [5, 5.41) is 2.91.